The van der Waals surface area contributed by atoms with Crippen LogP contribution in [0.25, 0.3) is 82.8 Å². The van der Waals surface area contributed by atoms with Crippen LogP contribution in [0.3, 0.4) is 0 Å². The lowest BCUT2D eigenvalue weighted by Crippen LogP contribution is -2.16. The summed E-state index contributed by atoms with van der Waals surface area (Å²) in [6.07, 6.45) is 0. The van der Waals surface area contributed by atoms with Gasteiger partial charge in [-0.2, -0.15) is 0 Å². The van der Waals surface area contributed by atoms with Crippen molar-refractivity contribution in [2.24, 2.45) is 0 Å². The third-order valence-electron chi connectivity index (χ3n) is 13.3. The van der Waals surface area contributed by atoms with E-state index in [1.54, 1.807) is 0 Å². The van der Waals surface area contributed by atoms with Crippen LogP contribution in [0.4, 0.5) is 17.1 Å². The molecule has 0 saturated carbocycles. The second-order valence-electron chi connectivity index (χ2n) is 17.3. The molecule has 0 atom stereocenters. The smallest absolute Gasteiger partial charge is 0.0625 e. The lowest BCUT2D eigenvalue weighted by molar-refractivity contribution is 0.660. The molecule has 0 bridgehead atoms. The third-order valence-corrected chi connectivity index (χ3v) is 13.3. The molecule has 1 aliphatic rings. The quantitative estimate of drug-likeness (QED) is 0.156. The SMILES string of the molecule is CC1(C)c2ccccc2-c2ccc(N(c3ccccc3)c3ccc(-c4ccc5c(c4)c4c(-c6cccc(-c7ccccc7)c6)cc6ccccc6c4n5-c4ccccc4)cc3)cc21. The number of aromatic nitrogens is 1. The van der Waals surface area contributed by atoms with Gasteiger partial charge in [0, 0.05) is 44.3 Å². The Kier molecular flexibility index (Phi) is 8.55. The summed E-state index contributed by atoms with van der Waals surface area (Å²) in [7, 11) is 0. The van der Waals surface area contributed by atoms with Gasteiger partial charge in [0.25, 0.3) is 0 Å². The largest absolute Gasteiger partial charge is 0.310 e. The Bertz CT molecular complexity index is 3510. The zero-order valence-electron chi connectivity index (χ0n) is 35.3. The number of rotatable bonds is 7. The molecule has 1 aromatic heterocycles. The van der Waals surface area contributed by atoms with Gasteiger partial charge in [0.1, 0.15) is 0 Å². The molecular formula is C61H44N2. The lowest BCUT2D eigenvalue weighted by Gasteiger charge is -2.28. The van der Waals surface area contributed by atoms with Crippen molar-refractivity contribution in [3.63, 3.8) is 0 Å². The molecule has 10 aromatic carbocycles. The summed E-state index contributed by atoms with van der Waals surface area (Å²) < 4.78 is 2.47. The van der Waals surface area contributed by atoms with Crippen LogP contribution in [0, 0.1) is 0 Å². The predicted molar refractivity (Wildman–Crippen MR) is 267 cm³/mol. The molecule has 0 unspecified atom stereocenters. The Morgan fingerprint density at radius 3 is 1.76 bits per heavy atom. The maximum atomic E-state index is 2.47. The summed E-state index contributed by atoms with van der Waals surface area (Å²) in [6.45, 7) is 4.70. The van der Waals surface area contributed by atoms with Crippen molar-refractivity contribution in [2.75, 3.05) is 4.90 Å². The number of para-hydroxylation sites is 2. The van der Waals surface area contributed by atoms with Crippen molar-refractivity contribution in [1.82, 2.24) is 4.57 Å². The highest BCUT2D eigenvalue weighted by Crippen LogP contribution is 2.51. The molecule has 0 N–H and O–H groups in total. The topological polar surface area (TPSA) is 8.17 Å². The minimum Gasteiger partial charge on any atom is -0.310 e. The Morgan fingerprint density at radius 2 is 0.952 bits per heavy atom. The van der Waals surface area contributed by atoms with Crippen LogP contribution in [-0.2, 0) is 5.41 Å². The first-order valence-electron chi connectivity index (χ1n) is 21.9. The molecule has 0 amide bonds. The van der Waals surface area contributed by atoms with E-state index in [1.807, 2.05) is 0 Å². The second-order valence-corrected chi connectivity index (χ2v) is 17.3. The average molecular weight is 805 g/mol. The van der Waals surface area contributed by atoms with Crippen LogP contribution in [0.5, 0.6) is 0 Å². The zero-order valence-corrected chi connectivity index (χ0v) is 35.3. The third kappa shape index (κ3) is 6.02. The first kappa shape index (κ1) is 36.9. The molecule has 1 heterocycles. The normalized spacial score (nSPS) is 12.7. The average Bonchev–Trinajstić information content (AvgIpc) is 3.81. The van der Waals surface area contributed by atoms with E-state index < -0.39 is 0 Å². The minimum absolute atomic E-state index is 0.0900. The maximum Gasteiger partial charge on any atom is 0.0625 e. The molecule has 2 heteroatoms. The number of benzene rings is 10. The molecule has 0 aliphatic heterocycles. The summed E-state index contributed by atoms with van der Waals surface area (Å²) in [5, 5.41) is 4.95. The number of hydrogen-bond donors (Lipinski definition) is 0. The van der Waals surface area contributed by atoms with E-state index in [4.69, 9.17) is 0 Å². The monoisotopic (exact) mass is 804 g/mol. The van der Waals surface area contributed by atoms with E-state index in [-0.39, 0.29) is 5.41 Å². The number of hydrogen-bond acceptors (Lipinski definition) is 1. The zero-order chi connectivity index (χ0) is 42.1. The summed E-state index contributed by atoms with van der Waals surface area (Å²) in [5.74, 6) is 0. The maximum absolute atomic E-state index is 2.47. The predicted octanol–water partition coefficient (Wildman–Crippen LogP) is 16.7. The van der Waals surface area contributed by atoms with E-state index in [0.717, 1.165) is 22.7 Å². The van der Waals surface area contributed by atoms with Crippen molar-refractivity contribution in [2.45, 2.75) is 19.3 Å². The van der Waals surface area contributed by atoms with Gasteiger partial charge in [-0.15, -0.1) is 0 Å². The molecular weight excluding hydrogens is 761 g/mol. The summed E-state index contributed by atoms with van der Waals surface area (Å²) in [6, 6.07) is 84.6. The van der Waals surface area contributed by atoms with Gasteiger partial charge in [-0.25, -0.2) is 0 Å². The van der Waals surface area contributed by atoms with Gasteiger partial charge < -0.3 is 9.47 Å². The Hall–Kier alpha value is -7.94. The molecule has 0 fully saturated rings. The highest BCUT2D eigenvalue weighted by Gasteiger charge is 2.35. The fraction of sp³-hybridized carbons (Fsp3) is 0.0492. The summed E-state index contributed by atoms with van der Waals surface area (Å²) >= 11 is 0. The summed E-state index contributed by atoms with van der Waals surface area (Å²) in [4.78, 5) is 2.39. The second kappa shape index (κ2) is 14.6. The van der Waals surface area contributed by atoms with Crippen molar-refractivity contribution in [3.8, 4) is 50.2 Å². The highest BCUT2D eigenvalue weighted by molar-refractivity contribution is 6.24. The van der Waals surface area contributed by atoms with E-state index in [2.05, 4.69) is 254 Å². The molecule has 0 spiro atoms. The molecule has 298 valence electrons. The van der Waals surface area contributed by atoms with Gasteiger partial charge in [-0.1, -0.05) is 172 Å². The standard InChI is InChI=1S/C61H44N2/c1-61(2)56-28-15-14-27-52(56)53-35-34-50(40-57(53)61)62(47-22-8-4-9-23-47)49-32-29-42(30-33-49)44-31-36-58-55(38-44)59-54(45-21-16-20-43(37-45)41-17-6-3-7-18-41)39-46-19-12-13-26-51(46)60(59)63(58)48-24-10-5-11-25-48/h3-40H,1-2H3. The lowest BCUT2D eigenvalue weighted by atomic mass is 9.82. The van der Waals surface area contributed by atoms with Crippen LogP contribution in [-0.4, -0.2) is 4.57 Å². The number of fused-ring (bicyclic) bond motifs is 8. The van der Waals surface area contributed by atoms with E-state index in [0.29, 0.717) is 0 Å². The van der Waals surface area contributed by atoms with E-state index >= 15 is 0 Å². The molecule has 0 radical (unpaired) electrons. The molecule has 1 aliphatic carbocycles. The van der Waals surface area contributed by atoms with Crippen LogP contribution in [0.15, 0.2) is 231 Å². The van der Waals surface area contributed by atoms with Gasteiger partial charge in [-0.3, -0.25) is 0 Å². The Labute approximate surface area is 368 Å². The van der Waals surface area contributed by atoms with Crippen molar-refractivity contribution in [3.05, 3.63) is 242 Å². The molecule has 11 aromatic rings. The van der Waals surface area contributed by atoms with Gasteiger partial charge in [0.05, 0.1) is 11.0 Å². The van der Waals surface area contributed by atoms with Crippen molar-refractivity contribution in [1.29, 1.82) is 0 Å². The summed E-state index contributed by atoms with van der Waals surface area (Å²) in [5.41, 5.74) is 19.5. The molecule has 12 rings (SSSR count). The van der Waals surface area contributed by atoms with Crippen LogP contribution < -0.4 is 4.90 Å². The highest BCUT2D eigenvalue weighted by atomic mass is 15.1. The van der Waals surface area contributed by atoms with E-state index in [9.17, 15) is 0 Å². The first-order chi connectivity index (χ1) is 31.0. The van der Waals surface area contributed by atoms with Crippen molar-refractivity contribution >= 4 is 49.6 Å². The first-order valence-corrected chi connectivity index (χ1v) is 21.9. The van der Waals surface area contributed by atoms with Crippen LogP contribution in [0.1, 0.15) is 25.0 Å². The minimum atomic E-state index is -0.0900. The molecule has 2 nitrogen and oxygen atoms in total. The van der Waals surface area contributed by atoms with Gasteiger partial charge >= 0.3 is 0 Å². The fourth-order valence-electron chi connectivity index (χ4n) is 10.3. The number of nitrogens with zero attached hydrogens (tertiary/aromatic N) is 2. The fourth-order valence-corrected chi connectivity index (χ4v) is 10.3. The van der Waals surface area contributed by atoms with Crippen LogP contribution >= 0.6 is 0 Å². The molecule has 63 heavy (non-hydrogen) atoms. The molecule has 0 saturated heterocycles. The van der Waals surface area contributed by atoms with Gasteiger partial charge in [-0.05, 0) is 134 Å². The van der Waals surface area contributed by atoms with Crippen molar-refractivity contribution < 1.29 is 0 Å². The van der Waals surface area contributed by atoms with E-state index in [1.165, 1.54) is 88.2 Å². The Balaban J connectivity index is 1.03. The Morgan fingerprint density at radius 1 is 0.365 bits per heavy atom. The van der Waals surface area contributed by atoms with Gasteiger partial charge in [0.15, 0.2) is 0 Å². The van der Waals surface area contributed by atoms with Gasteiger partial charge in [0.2, 0.25) is 0 Å². The van der Waals surface area contributed by atoms with Crippen LogP contribution in [0.2, 0.25) is 0 Å². The number of anilines is 3.